The van der Waals surface area contributed by atoms with Gasteiger partial charge in [-0.1, -0.05) is 6.07 Å². The molecule has 0 aliphatic heterocycles. The Kier molecular flexibility index (Phi) is 3.60. The average molecular weight is 347 g/mol. The molecule has 16 heavy (non-hydrogen) atoms. The molecule has 84 valence electrons. The molecule has 0 radical (unpaired) electrons. The third-order valence-electron chi connectivity index (χ3n) is 1.95. The molecule has 0 saturated carbocycles. The van der Waals surface area contributed by atoms with E-state index in [-0.39, 0.29) is 0 Å². The van der Waals surface area contributed by atoms with Gasteiger partial charge in [-0.3, -0.25) is 0 Å². The van der Waals surface area contributed by atoms with E-state index in [1.807, 2.05) is 18.2 Å². The van der Waals surface area contributed by atoms with Crippen LogP contribution in [-0.2, 0) is 6.54 Å². The molecule has 2 aromatic rings. The van der Waals surface area contributed by atoms with Gasteiger partial charge in [0.2, 0.25) is 11.8 Å². The zero-order chi connectivity index (χ0) is 11.5. The van der Waals surface area contributed by atoms with Crippen LogP contribution in [0, 0.1) is 6.92 Å². The zero-order valence-corrected chi connectivity index (χ0v) is 11.7. The minimum Gasteiger partial charge on any atom is -0.424 e. The van der Waals surface area contributed by atoms with Crippen LogP contribution in [0.5, 0.6) is 0 Å². The van der Waals surface area contributed by atoms with E-state index in [2.05, 4.69) is 47.4 Å². The van der Waals surface area contributed by atoms with Crippen LogP contribution < -0.4 is 5.32 Å². The summed E-state index contributed by atoms with van der Waals surface area (Å²) in [4.78, 5) is 0. The van der Waals surface area contributed by atoms with E-state index in [9.17, 15) is 0 Å². The Hall–Kier alpha value is -0.880. The van der Waals surface area contributed by atoms with Gasteiger partial charge in [0.15, 0.2) is 0 Å². The van der Waals surface area contributed by atoms with E-state index in [0.29, 0.717) is 18.3 Å². The molecule has 1 N–H and O–H groups in total. The Bertz CT molecular complexity index is 478. The van der Waals surface area contributed by atoms with E-state index >= 15 is 0 Å². The molecule has 0 spiro atoms. The summed E-state index contributed by atoms with van der Waals surface area (Å²) >= 11 is 6.93. The quantitative estimate of drug-likeness (QED) is 0.923. The fraction of sp³-hybridized carbons (Fsp3) is 0.200. The van der Waals surface area contributed by atoms with Crippen LogP contribution in [0.25, 0.3) is 0 Å². The average Bonchev–Trinajstić information content (AvgIpc) is 2.63. The highest BCUT2D eigenvalue weighted by Crippen LogP contribution is 2.30. The van der Waals surface area contributed by atoms with Gasteiger partial charge in [-0.15, -0.1) is 10.2 Å². The maximum absolute atomic E-state index is 5.27. The van der Waals surface area contributed by atoms with Crippen molar-refractivity contribution in [2.45, 2.75) is 13.5 Å². The minimum absolute atomic E-state index is 0.502. The van der Waals surface area contributed by atoms with Gasteiger partial charge in [0, 0.05) is 15.9 Å². The van der Waals surface area contributed by atoms with E-state index in [0.717, 1.165) is 14.6 Å². The van der Waals surface area contributed by atoms with Crippen molar-refractivity contribution in [2.75, 3.05) is 5.32 Å². The topological polar surface area (TPSA) is 51.0 Å². The Balaban J connectivity index is 2.10. The molecular weight excluding hydrogens is 338 g/mol. The highest BCUT2D eigenvalue weighted by atomic mass is 79.9. The molecule has 1 heterocycles. The number of rotatable bonds is 3. The summed E-state index contributed by atoms with van der Waals surface area (Å²) in [6.45, 7) is 2.27. The molecule has 1 aromatic heterocycles. The molecule has 1 aromatic carbocycles. The fourth-order valence-electron chi connectivity index (χ4n) is 1.24. The summed E-state index contributed by atoms with van der Waals surface area (Å²) in [5.41, 5.74) is 0.971. The van der Waals surface area contributed by atoms with Crippen molar-refractivity contribution >= 4 is 37.5 Å². The lowest BCUT2D eigenvalue weighted by Crippen LogP contribution is -2.01. The van der Waals surface area contributed by atoms with Gasteiger partial charge in [0.05, 0.1) is 12.2 Å². The largest absolute Gasteiger partial charge is 0.424 e. The van der Waals surface area contributed by atoms with Crippen LogP contribution in [0.3, 0.4) is 0 Å². The summed E-state index contributed by atoms with van der Waals surface area (Å²) in [5.74, 6) is 1.14. The lowest BCUT2D eigenvalue weighted by atomic mass is 10.3. The first-order chi connectivity index (χ1) is 7.66. The number of para-hydroxylation sites is 1. The highest BCUT2D eigenvalue weighted by Gasteiger charge is 2.06. The minimum atomic E-state index is 0.502. The first kappa shape index (κ1) is 11.6. The third kappa shape index (κ3) is 2.62. The summed E-state index contributed by atoms with van der Waals surface area (Å²) in [7, 11) is 0. The highest BCUT2D eigenvalue weighted by molar-refractivity contribution is 9.11. The van der Waals surface area contributed by atoms with Crippen LogP contribution in [0.4, 0.5) is 5.69 Å². The number of aromatic nitrogens is 2. The van der Waals surface area contributed by atoms with Gasteiger partial charge in [-0.25, -0.2) is 0 Å². The molecule has 0 fully saturated rings. The predicted molar refractivity (Wildman–Crippen MR) is 68.2 cm³/mol. The van der Waals surface area contributed by atoms with Gasteiger partial charge in [-0.05, 0) is 44.0 Å². The normalized spacial score (nSPS) is 10.4. The van der Waals surface area contributed by atoms with E-state index in [1.54, 1.807) is 6.92 Å². The summed E-state index contributed by atoms with van der Waals surface area (Å²) < 4.78 is 7.24. The molecule has 0 bridgehead atoms. The van der Waals surface area contributed by atoms with Crippen LogP contribution in [0.1, 0.15) is 11.8 Å². The van der Waals surface area contributed by atoms with Crippen molar-refractivity contribution in [3.05, 3.63) is 38.9 Å². The van der Waals surface area contributed by atoms with Crippen molar-refractivity contribution in [1.82, 2.24) is 10.2 Å². The van der Waals surface area contributed by atoms with Gasteiger partial charge in [0.1, 0.15) is 0 Å². The molecule has 0 saturated heterocycles. The molecule has 0 unspecified atom stereocenters. The van der Waals surface area contributed by atoms with Gasteiger partial charge < -0.3 is 9.73 Å². The number of aryl methyl sites for hydroxylation is 1. The van der Waals surface area contributed by atoms with Crippen LogP contribution in [0.2, 0.25) is 0 Å². The standard InChI is InChI=1S/C10H9Br2N3O/c1-6-14-15-9(16-6)5-13-10-7(11)3-2-4-8(10)12/h2-4,13H,5H2,1H3. The van der Waals surface area contributed by atoms with Gasteiger partial charge >= 0.3 is 0 Å². The first-order valence-corrected chi connectivity index (χ1v) is 6.22. The molecule has 2 rings (SSSR count). The number of anilines is 1. The fourth-order valence-corrected chi connectivity index (χ4v) is 2.52. The lowest BCUT2D eigenvalue weighted by molar-refractivity contribution is 0.474. The molecule has 0 atom stereocenters. The van der Waals surface area contributed by atoms with E-state index in [1.165, 1.54) is 0 Å². The Morgan fingerprint density at radius 3 is 2.50 bits per heavy atom. The Morgan fingerprint density at radius 2 is 1.94 bits per heavy atom. The molecule has 4 nitrogen and oxygen atoms in total. The number of hydrogen-bond donors (Lipinski definition) is 1. The van der Waals surface area contributed by atoms with Crippen molar-refractivity contribution in [3.8, 4) is 0 Å². The monoisotopic (exact) mass is 345 g/mol. The number of nitrogens with zero attached hydrogens (tertiary/aromatic N) is 2. The van der Waals surface area contributed by atoms with Crippen LogP contribution >= 0.6 is 31.9 Å². The Morgan fingerprint density at radius 1 is 1.25 bits per heavy atom. The maximum atomic E-state index is 5.27. The predicted octanol–water partition coefficient (Wildman–Crippen LogP) is 3.52. The van der Waals surface area contributed by atoms with Crippen LogP contribution in [-0.4, -0.2) is 10.2 Å². The smallest absolute Gasteiger partial charge is 0.235 e. The molecule has 0 aliphatic carbocycles. The third-order valence-corrected chi connectivity index (χ3v) is 3.27. The van der Waals surface area contributed by atoms with E-state index < -0.39 is 0 Å². The summed E-state index contributed by atoms with van der Waals surface area (Å²) in [5, 5.41) is 10.9. The van der Waals surface area contributed by atoms with Gasteiger partial charge in [-0.2, -0.15) is 0 Å². The number of nitrogens with one attached hydrogen (secondary N) is 1. The van der Waals surface area contributed by atoms with Crippen molar-refractivity contribution in [2.24, 2.45) is 0 Å². The lowest BCUT2D eigenvalue weighted by Gasteiger charge is -2.08. The van der Waals surface area contributed by atoms with Gasteiger partial charge in [0.25, 0.3) is 0 Å². The summed E-state index contributed by atoms with van der Waals surface area (Å²) in [6, 6.07) is 5.88. The second kappa shape index (κ2) is 4.97. The second-order valence-electron chi connectivity index (χ2n) is 3.17. The van der Waals surface area contributed by atoms with Crippen LogP contribution in [0.15, 0.2) is 31.6 Å². The molecule has 0 aliphatic rings. The molecule has 0 amide bonds. The number of hydrogen-bond acceptors (Lipinski definition) is 4. The van der Waals surface area contributed by atoms with Crippen molar-refractivity contribution < 1.29 is 4.42 Å². The van der Waals surface area contributed by atoms with Crippen molar-refractivity contribution in [3.63, 3.8) is 0 Å². The van der Waals surface area contributed by atoms with Crippen molar-refractivity contribution in [1.29, 1.82) is 0 Å². The molecular formula is C10H9Br2N3O. The first-order valence-electron chi connectivity index (χ1n) is 4.63. The molecule has 6 heteroatoms. The zero-order valence-electron chi connectivity index (χ0n) is 8.50. The number of benzene rings is 1. The number of halogens is 2. The summed E-state index contributed by atoms with van der Waals surface area (Å²) in [6.07, 6.45) is 0. The second-order valence-corrected chi connectivity index (χ2v) is 4.87. The Labute approximate surface area is 110 Å². The SMILES string of the molecule is Cc1nnc(CNc2c(Br)cccc2Br)o1. The maximum Gasteiger partial charge on any atom is 0.235 e. The van der Waals surface area contributed by atoms with E-state index in [4.69, 9.17) is 4.42 Å².